The zero-order valence-electron chi connectivity index (χ0n) is 10.0. The Bertz CT molecular complexity index is 487. The molecule has 0 radical (unpaired) electrons. The predicted molar refractivity (Wildman–Crippen MR) is 68.0 cm³/mol. The van der Waals surface area contributed by atoms with Gasteiger partial charge in [-0.15, -0.1) is 11.3 Å². The number of carboxylic acids is 1. The van der Waals surface area contributed by atoms with E-state index in [1.165, 1.54) is 16.9 Å². The molecular formula is C13H15NO3S. The van der Waals surface area contributed by atoms with E-state index in [4.69, 9.17) is 5.11 Å². The minimum atomic E-state index is -0.793. The van der Waals surface area contributed by atoms with E-state index in [0.29, 0.717) is 19.5 Å². The lowest BCUT2D eigenvalue weighted by atomic mass is 10.1. The van der Waals surface area contributed by atoms with Crippen molar-refractivity contribution in [1.29, 1.82) is 0 Å². The van der Waals surface area contributed by atoms with Gasteiger partial charge in [0.15, 0.2) is 0 Å². The van der Waals surface area contributed by atoms with Crippen LogP contribution < -0.4 is 0 Å². The van der Waals surface area contributed by atoms with Gasteiger partial charge in [-0.1, -0.05) is 0 Å². The van der Waals surface area contributed by atoms with E-state index in [0.717, 1.165) is 17.7 Å². The molecule has 1 N–H and O–H groups in total. The molecule has 1 amide bonds. The summed E-state index contributed by atoms with van der Waals surface area (Å²) in [6.45, 7) is 0.926. The lowest BCUT2D eigenvalue weighted by Gasteiger charge is -2.14. The summed E-state index contributed by atoms with van der Waals surface area (Å²) in [6.07, 6.45) is 3.94. The Hall–Kier alpha value is -1.36. The molecule has 1 atom stereocenters. The SMILES string of the molecule is O=C(O)C1CCN(C(=O)c2cc3c(s2)CCC3)C1. The minimum absolute atomic E-state index is 0.0122. The van der Waals surface area contributed by atoms with Crippen molar-refractivity contribution in [3.05, 3.63) is 21.4 Å². The number of hydrogen-bond acceptors (Lipinski definition) is 3. The van der Waals surface area contributed by atoms with Crippen molar-refractivity contribution in [2.45, 2.75) is 25.7 Å². The van der Waals surface area contributed by atoms with Crippen molar-refractivity contribution in [3.63, 3.8) is 0 Å². The second-order valence-corrected chi connectivity index (χ2v) is 6.12. The van der Waals surface area contributed by atoms with Gasteiger partial charge in [-0.25, -0.2) is 0 Å². The molecule has 1 fully saturated rings. The lowest BCUT2D eigenvalue weighted by Crippen LogP contribution is -2.29. The van der Waals surface area contributed by atoms with E-state index in [2.05, 4.69) is 0 Å². The normalized spacial score (nSPS) is 22.2. The lowest BCUT2D eigenvalue weighted by molar-refractivity contribution is -0.141. The largest absolute Gasteiger partial charge is 0.481 e. The van der Waals surface area contributed by atoms with Crippen LogP contribution in [0.2, 0.25) is 0 Å². The average molecular weight is 265 g/mol. The van der Waals surface area contributed by atoms with Crippen LogP contribution in [-0.2, 0) is 17.6 Å². The first-order valence-electron chi connectivity index (χ1n) is 6.29. The number of carbonyl (C=O) groups excluding carboxylic acids is 1. The topological polar surface area (TPSA) is 57.6 Å². The zero-order valence-corrected chi connectivity index (χ0v) is 10.8. The molecule has 0 saturated carbocycles. The van der Waals surface area contributed by atoms with Crippen molar-refractivity contribution in [1.82, 2.24) is 4.90 Å². The fraction of sp³-hybridized carbons (Fsp3) is 0.538. The van der Waals surface area contributed by atoms with Crippen molar-refractivity contribution in [3.8, 4) is 0 Å². The molecule has 1 unspecified atom stereocenters. The monoisotopic (exact) mass is 265 g/mol. The number of aryl methyl sites for hydroxylation is 2. The van der Waals surface area contributed by atoms with Crippen LogP contribution in [0.5, 0.6) is 0 Å². The van der Waals surface area contributed by atoms with Crippen molar-refractivity contribution < 1.29 is 14.7 Å². The van der Waals surface area contributed by atoms with E-state index in [-0.39, 0.29) is 11.8 Å². The van der Waals surface area contributed by atoms with Gasteiger partial charge in [0, 0.05) is 18.0 Å². The predicted octanol–water partition coefficient (Wildman–Crippen LogP) is 1.78. The highest BCUT2D eigenvalue weighted by molar-refractivity contribution is 7.14. The van der Waals surface area contributed by atoms with Gasteiger partial charge >= 0.3 is 5.97 Å². The summed E-state index contributed by atoms with van der Waals surface area (Å²) in [4.78, 5) is 27.0. The van der Waals surface area contributed by atoms with Gasteiger partial charge in [0.25, 0.3) is 5.91 Å². The molecule has 1 saturated heterocycles. The number of nitrogens with zero attached hydrogens (tertiary/aromatic N) is 1. The van der Waals surface area contributed by atoms with Crippen LogP contribution >= 0.6 is 11.3 Å². The average Bonchev–Trinajstić information content (AvgIpc) is 3.02. The number of hydrogen-bond donors (Lipinski definition) is 1. The smallest absolute Gasteiger partial charge is 0.308 e. The summed E-state index contributed by atoms with van der Waals surface area (Å²) in [7, 11) is 0. The molecule has 0 spiro atoms. The van der Waals surface area contributed by atoms with Crippen molar-refractivity contribution in [2.75, 3.05) is 13.1 Å². The summed E-state index contributed by atoms with van der Waals surface area (Å²) in [5.41, 5.74) is 1.32. The third kappa shape index (κ3) is 1.92. The molecule has 1 aliphatic heterocycles. The fourth-order valence-electron chi connectivity index (χ4n) is 2.74. The number of rotatable bonds is 2. The Morgan fingerprint density at radius 1 is 1.39 bits per heavy atom. The molecule has 18 heavy (non-hydrogen) atoms. The van der Waals surface area contributed by atoms with Crippen LogP contribution in [0.1, 0.15) is 33.0 Å². The molecule has 1 aromatic heterocycles. The van der Waals surface area contributed by atoms with E-state index in [1.807, 2.05) is 6.07 Å². The van der Waals surface area contributed by atoms with Gasteiger partial charge in [0.2, 0.25) is 0 Å². The number of aliphatic carboxylic acids is 1. The van der Waals surface area contributed by atoms with E-state index in [9.17, 15) is 9.59 Å². The number of fused-ring (bicyclic) bond motifs is 1. The maximum atomic E-state index is 12.3. The zero-order chi connectivity index (χ0) is 12.7. The van der Waals surface area contributed by atoms with Gasteiger partial charge in [-0.3, -0.25) is 9.59 Å². The first kappa shape index (κ1) is 11.7. The summed E-state index contributed by atoms with van der Waals surface area (Å²) >= 11 is 1.59. The Morgan fingerprint density at radius 2 is 2.22 bits per heavy atom. The highest BCUT2D eigenvalue weighted by atomic mass is 32.1. The molecule has 5 heteroatoms. The highest BCUT2D eigenvalue weighted by Crippen LogP contribution is 2.32. The molecule has 3 rings (SSSR count). The van der Waals surface area contributed by atoms with Crippen LogP contribution in [0.15, 0.2) is 6.07 Å². The van der Waals surface area contributed by atoms with Crippen LogP contribution in [0.4, 0.5) is 0 Å². The van der Waals surface area contributed by atoms with Crippen molar-refractivity contribution in [2.24, 2.45) is 5.92 Å². The Labute approximate surface area is 109 Å². The summed E-state index contributed by atoms with van der Waals surface area (Å²) in [5.74, 6) is -1.17. The summed E-state index contributed by atoms with van der Waals surface area (Å²) < 4.78 is 0. The first-order valence-corrected chi connectivity index (χ1v) is 7.10. The quantitative estimate of drug-likeness (QED) is 0.886. The van der Waals surface area contributed by atoms with Crippen LogP contribution in [0.25, 0.3) is 0 Å². The number of amides is 1. The Kier molecular flexibility index (Phi) is 2.86. The molecule has 0 aromatic carbocycles. The van der Waals surface area contributed by atoms with Gasteiger partial charge in [-0.2, -0.15) is 0 Å². The van der Waals surface area contributed by atoms with Crippen molar-refractivity contribution >= 4 is 23.2 Å². The highest BCUT2D eigenvalue weighted by Gasteiger charge is 2.32. The van der Waals surface area contributed by atoms with Gasteiger partial charge in [0.1, 0.15) is 0 Å². The Balaban J connectivity index is 1.73. The molecule has 2 aliphatic rings. The third-order valence-corrected chi connectivity index (χ3v) is 5.01. The second kappa shape index (κ2) is 4.39. The van der Waals surface area contributed by atoms with Crippen LogP contribution in [0.3, 0.4) is 0 Å². The number of likely N-dealkylation sites (tertiary alicyclic amines) is 1. The number of carbonyl (C=O) groups is 2. The van der Waals surface area contributed by atoms with E-state index in [1.54, 1.807) is 16.2 Å². The molecule has 0 bridgehead atoms. The van der Waals surface area contributed by atoms with E-state index >= 15 is 0 Å². The maximum Gasteiger partial charge on any atom is 0.308 e. The van der Waals surface area contributed by atoms with Gasteiger partial charge in [-0.05, 0) is 37.3 Å². The fourth-order valence-corrected chi connectivity index (χ4v) is 3.96. The maximum absolute atomic E-state index is 12.3. The molecule has 4 nitrogen and oxygen atoms in total. The van der Waals surface area contributed by atoms with E-state index < -0.39 is 5.97 Å². The molecule has 96 valence electrons. The molecular weight excluding hydrogens is 250 g/mol. The Morgan fingerprint density at radius 3 is 2.89 bits per heavy atom. The number of carboxylic acid groups (broad SMARTS) is 1. The minimum Gasteiger partial charge on any atom is -0.481 e. The van der Waals surface area contributed by atoms with Gasteiger partial charge < -0.3 is 10.0 Å². The summed E-state index contributed by atoms with van der Waals surface area (Å²) in [6, 6.07) is 2.00. The third-order valence-electron chi connectivity index (χ3n) is 3.78. The van der Waals surface area contributed by atoms with Crippen LogP contribution in [-0.4, -0.2) is 35.0 Å². The molecule has 1 aromatic rings. The van der Waals surface area contributed by atoms with Crippen LogP contribution in [0, 0.1) is 5.92 Å². The van der Waals surface area contributed by atoms with Gasteiger partial charge in [0.05, 0.1) is 10.8 Å². The summed E-state index contributed by atoms with van der Waals surface area (Å²) in [5, 5.41) is 8.94. The molecule has 1 aliphatic carbocycles. The second-order valence-electron chi connectivity index (χ2n) is 4.99. The molecule has 2 heterocycles. The first-order chi connectivity index (χ1) is 8.65. The number of thiophene rings is 1. The standard InChI is InChI=1S/C13H15NO3S/c15-12(14-5-4-9(7-14)13(16)17)11-6-8-2-1-3-10(8)18-11/h6,9H,1-5,7H2,(H,16,17).